The minimum atomic E-state index is -0.581. The van der Waals surface area contributed by atoms with Gasteiger partial charge in [0.2, 0.25) is 0 Å². The van der Waals surface area contributed by atoms with Crippen LogP contribution in [-0.2, 0) is 15.9 Å². The Morgan fingerprint density at radius 2 is 2.29 bits per heavy atom. The molecule has 3 heteroatoms. The van der Waals surface area contributed by atoms with Gasteiger partial charge in [-0.2, -0.15) is 0 Å². The summed E-state index contributed by atoms with van der Waals surface area (Å²) in [6.07, 6.45) is 1.07. The predicted molar refractivity (Wildman–Crippen MR) is 66.0 cm³/mol. The van der Waals surface area contributed by atoms with Gasteiger partial charge in [-0.1, -0.05) is 31.2 Å². The second-order valence-corrected chi connectivity index (χ2v) is 4.38. The van der Waals surface area contributed by atoms with Gasteiger partial charge in [0.05, 0.1) is 13.2 Å². The Morgan fingerprint density at radius 1 is 1.47 bits per heavy atom. The molecule has 0 bridgehead atoms. The molecule has 1 aromatic carbocycles. The Hall–Kier alpha value is -0.900. The highest BCUT2D eigenvalue weighted by Crippen LogP contribution is 2.29. The lowest BCUT2D eigenvalue weighted by molar-refractivity contribution is -0.0792. The van der Waals surface area contributed by atoms with Crippen molar-refractivity contribution in [3.05, 3.63) is 35.4 Å². The first-order valence-corrected chi connectivity index (χ1v) is 6.28. The van der Waals surface area contributed by atoms with Gasteiger partial charge in [-0.05, 0) is 24.0 Å². The van der Waals surface area contributed by atoms with Crippen LogP contribution in [0.3, 0.4) is 0 Å². The van der Waals surface area contributed by atoms with Crippen molar-refractivity contribution in [1.82, 2.24) is 0 Å². The lowest BCUT2D eigenvalue weighted by Crippen LogP contribution is -2.30. The largest absolute Gasteiger partial charge is 0.388 e. The molecule has 17 heavy (non-hydrogen) atoms. The summed E-state index contributed by atoms with van der Waals surface area (Å²) in [6.45, 7) is 3.75. The summed E-state index contributed by atoms with van der Waals surface area (Å²) >= 11 is 0. The summed E-state index contributed by atoms with van der Waals surface area (Å²) in [5.41, 5.74) is 2.38. The quantitative estimate of drug-likeness (QED) is 0.796. The lowest BCUT2D eigenvalue weighted by Gasteiger charge is -2.29. The van der Waals surface area contributed by atoms with Gasteiger partial charge in [-0.25, -0.2) is 0 Å². The van der Waals surface area contributed by atoms with E-state index in [0.29, 0.717) is 19.8 Å². The molecule has 2 atom stereocenters. The molecule has 0 aromatic heterocycles. The van der Waals surface area contributed by atoms with Crippen LogP contribution >= 0.6 is 0 Å². The number of hydrogen-bond donors (Lipinski definition) is 1. The van der Waals surface area contributed by atoms with Crippen molar-refractivity contribution in [3.8, 4) is 0 Å². The van der Waals surface area contributed by atoms with Crippen molar-refractivity contribution in [1.29, 1.82) is 0 Å². The zero-order chi connectivity index (χ0) is 12.1. The van der Waals surface area contributed by atoms with Crippen molar-refractivity contribution in [2.45, 2.75) is 32.0 Å². The first kappa shape index (κ1) is 12.6. The maximum absolute atomic E-state index is 10.1. The van der Waals surface area contributed by atoms with Gasteiger partial charge in [0.25, 0.3) is 0 Å². The Morgan fingerprint density at radius 3 is 3.12 bits per heavy atom. The van der Waals surface area contributed by atoms with E-state index in [2.05, 4.69) is 13.0 Å². The molecule has 1 aromatic rings. The highest BCUT2D eigenvalue weighted by molar-refractivity contribution is 5.31. The summed E-state index contributed by atoms with van der Waals surface area (Å²) in [5, 5.41) is 10.1. The van der Waals surface area contributed by atoms with E-state index in [1.807, 2.05) is 18.2 Å². The molecule has 0 saturated carbocycles. The lowest BCUT2D eigenvalue weighted by atomic mass is 9.95. The van der Waals surface area contributed by atoms with E-state index in [-0.39, 0.29) is 6.10 Å². The van der Waals surface area contributed by atoms with Gasteiger partial charge in [0.15, 0.2) is 0 Å². The molecule has 1 N–H and O–H groups in total. The van der Waals surface area contributed by atoms with E-state index in [4.69, 9.17) is 9.47 Å². The molecule has 0 spiro atoms. The standard InChI is InChI=1S/C14H20O3/c1-2-8-16-10-13(15)14-12-6-4-3-5-11(12)7-9-17-14/h3-6,13-15H,2,7-10H2,1H3. The van der Waals surface area contributed by atoms with E-state index in [0.717, 1.165) is 18.4 Å². The molecule has 1 heterocycles. The summed E-state index contributed by atoms with van der Waals surface area (Å²) in [7, 11) is 0. The molecule has 0 saturated heterocycles. The maximum atomic E-state index is 10.1. The van der Waals surface area contributed by atoms with Gasteiger partial charge < -0.3 is 14.6 Å². The van der Waals surface area contributed by atoms with Crippen molar-refractivity contribution in [3.63, 3.8) is 0 Å². The second-order valence-electron chi connectivity index (χ2n) is 4.38. The molecule has 0 fully saturated rings. The van der Waals surface area contributed by atoms with Gasteiger partial charge in [-0.3, -0.25) is 0 Å². The van der Waals surface area contributed by atoms with Gasteiger partial charge >= 0.3 is 0 Å². The summed E-state index contributed by atoms with van der Waals surface area (Å²) in [6, 6.07) is 8.15. The van der Waals surface area contributed by atoms with Crippen LogP contribution in [-0.4, -0.2) is 31.0 Å². The second kappa shape index (κ2) is 6.15. The summed E-state index contributed by atoms with van der Waals surface area (Å²) < 4.78 is 11.0. The first-order chi connectivity index (χ1) is 8.33. The van der Waals surface area contributed by atoms with Gasteiger partial charge in [0.1, 0.15) is 12.2 Å². The molecular formula is C14H20O3. The zero-order valence-corrected chi connectivity index (χ0v) is 10.3. The molecule has 94 valence electrons. The number of fused-ring (bicyclic) bond motifs is 1. The maximum Gasteiger partial charge on any atom is 0.111 e. The van der Waals surface area contributed by atoms with Gasteiger partial charge in [0, 0.05) is 6.61 Å². The molecule has 3 nitrogen and oxygen atoms in total. The normalized spacial score (nSPS) is 20.9. The minimum absolute atomic E-state index is 0.239. The third-order valence-corrected chi connectivity index (χ3v) is 3.02. The van der Waals surface area contributed by atoms with Crippen molar-refractivity contribution in [2.75, 3.05) is 19.8 Å². The minimum Gasteiger partial charge on any atom is -0.388 e. The van der Waals surface area contributed by atoms with E-state index in [1.54, 1.807) is 0 Å². The van der Waals surface area contributed by atoms with E-state index < -0.39 is 6.10 Å². The first-order valence-electron chi connectivity index (χ1n) is 6.28. The number of ether oxygens (including phenoxy) is 2. The van der Waals surface area contributed by atoms with Crippen molar-refractivity contribution < 1.29 is 14.6 Å². The third-order valence-electron chi connectivity index (χ3n) is 3.02. The Kier molecular flexibility index (Phi) is 4.54. The van der Waals surface area contributed by atoms with E-state index in [9.17, 15) is 5.11 Å². The molecular weight excluding hydrogens is 216 g/mol. The average molecular weight is 236 g/mol. The molecule has 0 aliphatic carbocycles. The Bertz CT molecular complexity index is 351. The summed E-state index contributed by atoms with van der Waals surface area (Å²) in [5.74, 6) is 0. The molecule has 2 rings (SSSR count). The van der Waals surface area contributed by atoms with Crippen LogP contribution < -0.4 is 0 Å². The number of aliphatic hydroxyl groups excluding tert-OH is 1. The highest BCUT2D eigenvalue weighted by atomic mass is 16.5. The fourth-order valence-corrected chi connectivity index (χ4v) is 2.18. The fraction of sp³-hybridized carbons (Fsp3) is 0.571. The van der Waals surface area contributed by atoms with Crippen LogP contribution in [0.4, 0.5) is 0 Å². The van der Waals surface area contributed by atoms with Crippen LogP contribution in [0, 0.1) is 0 Å². The van der Waals surface area contributed by atoms with Gasteiger partial charge in [-0.15, -0.1) is 0 Å². The van der Waals surface area contributed by atoms with Crippen LogP contribution in [0.5, 0.6) is 0 Å². The van der Waals surface area contributed by atoms with Crippen LogP contribution in [0.25, 0.3) is 0 Å². The van der Waals surface area contributed by atoms with E-state index >= 15 is 0 Å². The molecule has 0 radical (unpaired) electrons. The van der Waals surface area contributed by atoms with Crippen molar-refractivity contribution in [2.24, 2.45) is 0 Å². The smallest absolute Gasteiger partial charge is 0.111 e. The highest BCUT2D eigenvalue weighted by Gasteiger charge is 2.27. The topological polar surface area (TPSA) is 38.7 Å². The summed E-state index contributed by atoms with van der Waals surface area (Å²) in [4.78, 5) is 0. The molecule has 2 unspecified atom stereocenters. The van der Waals surface area contributed by atoms with Crippen LogP contribution in [0.15, 0.2) is 24.3 Å². The zero-order valence-electron chi connectivity index (χ0n) is 10.3. The monoisotopic (exact) mass is 236 g/mol. The number of rotatable bonds is 5. The van der Waals surface area contributed by atoms with Crippen LogP contribution in [0.2, 0.25) is 0 Å². The molecule has 1 aliphatic heterocycles. The number of aliphatic hydroxyl groups is 1. The molecule has 1 aliphatic rings. The van der Waals surface area contributed by atoms with Crippen LogP contribution in [0.1, 0.15) is 30.6 Å². The Balaban J connectivity index is 2.02. The number of benzene rings is 1. The number of hydrogen-bond acceptors (Lipinski definition) is 3. The predicted octanol–water partition coefficient (Wildman–Crippen LogP) is 2.09. The fourth-order valence-electron chi connectivity index (χ4n) is 2.18. The van der Waals surface area contributed by atoms with E-state index in [1.165, 1.54) is 5.56 Å². The Labute approximate surface area is 102 Å². The van der Waals surface area contributed by atoms with Crippen molar-refractivity contribution >= 4 is 0 Å². The SMILES string of the molecule is CCCOCC(O)C1OCCc2ccccc21. The average Bonchev–Trinajstić information content (AvgIpc) is 2.38. The molecule has 0 amide bonds. The third kappa shape index (κ3) is 3.06.